The van der Waals surface area contributed by atoms with Crippen LogP contribution in [0.1, 0.15) is 30.9 Å². The molecule has 5 rings (SSSR count). The van der Waals surface area contributed by atoms with Crippen LogP contribution < -0.4 is 10.9 Å². The van der Waals surface area contributed by atoms with Crippen LogP contribution in [0.15, 0.2) is 89.9 Å². The number of aromatic amines is 2. The fourth-order valence-corrected chi connectivity index (χ4v) is 4.50. The number of rotatable bonds is 6. The summed E-state index contributed by atoms with van der Waals surface area (Å²) < 4.78 is 15.1. The van der Waals surface area contributed by atoms with Gasteiger partial charge in [0.05, 0.1) is 22.8 Å². The number of carbonyl (C=O) groups is 1. The van der Waals surface area contributed by atoms with Gasteiger partial charge >= 0.3 is 0 Å². The molecule has 0 bridgehead atoms. The van der Waals surface area contributed by atoms with E-state index in [0.29, 0.717) is 5.82 Å². The van der Waals surface area contributed by atoms with E-state index in [1.54, 1.807) is 23.0 Å². The molecule has 0 fully saturated rings. The Morgan fingerprint density at radius 1 is 0.971 bits per heavy atom. The van der Waals surface area contributed by atoms with Crippen molar-refractivity contribution in [2.75, 3.05) is 5.32 Å². The highest BCUT2D eigenvalue weighted by Gasteiger charge is 2.39. The number of halogens is 1. The Kier molecular flexibility index (Phi) is 5.56. The van der Waals surface area contributed by atoms with Gasteiger partial charge in [0.25, 0.3) is 5.56 Å². The van der Waals surface area contributed by atoms with Crippen LogP contribution in [0, 0.1) is 11.2 Å². The molecule has 0 aliphatic rings. The van der Waals surface area contributed by atoms with Crippen LogP contribution in [0.5, 0.6) is 0 Å². The van der Waals surface area contributed by atoms with E-state index in [1.807, 2.05) is 62.4 Å². The van der Waals surface area contributed by atoms with Crippen LogP contribution in [0.4, 0.5) is 10.2 Å². The number of benzene rings is 3. The predicted octanol–water partition coefficient (Wildman–Crippen LogP) is 4.98. The molecule has 7 nitrogen and oxygen atoms in total. The quantitative estimate of drug-likeness (QED) is 0.327. The highest BCUT2D eigenvalue weighted by atomic mass is 19.1. The van der Waals surface area contributed by atoms with Gasteiger partial charge < -0.3 is 5.32 Å². The Morgan fingerprint density at radius 3 is 2.40 bits per heavy atom. The minimum atomic E-state index is -0.879. The Bertz CT molecular complexity index is 1550. The van der Waals surface area contributed by atoms with E-state index in [0.717, 1.165) is 27.7 Å². The van der Waals surface area contributed by atoms with Gasteiger partial charge in [-0.15, -0.1) is 0 Å². The van der Waals surface area contributed by atoms with Crippen molar-refractivity contribution < 1.29 is 9.18 Å². The van der Waals surface area contributed by atoms with Crippen molar-refractivity contribution >= 4 is 22.6 Å². The van der Waals surface area contributed by atoms with Gasteiger partial charge in [-0.25, -0.2) is 9.07 Å². The zero-order valence-corrected chi connectivity index (χ0v) is 19.2. The molecule has 176 valence electrons. The number of hydrogen-bond donors (Lipinski definition) is 3. The lowest BCUT2D eigenvalue weighted by Crippen LogP contribution is -2.37. The standard InChI is InChI=1S/C27H24FN5O2/c1-27(2,26(35)30-23-15-24(34)32-31-23)25(17-6-4-3-5-7-17)18-8-13-22-19(14-18)16-29-33(22)21-11-9-20(28)10-12-21/h3-16,25H,1-2H3,(H3,30,31,32,34,35). The summed E-state index contributed by atoms with van der Waals surface area (Å²) in [6.07, 6.45) is 1.77. The first-order chi connectivity index (χ1) is 16.8. The zero-order chi connectivity index (χ0) is 24.6. The van der Waals surface area contributed by atoms with Crippen LogP contribution in [-0.2, 0) is 4.79 Å². The highest BCUT2D eigenvalue weighted by Crippen LogP contribution is 2.42. The van der Waals surface area contributed by atoms with Gasteiger partial charge in [0.1, 0.15) is 11.6 Å². The molecule has 0 radical (unpaired) electrons. The molecule has 0 saturated carbocycles. The summed E-state index contributed by atoms with van der Waals surface area (Å²) in [5, 5.41) is 13.3. The Labute approximate surface area is 200 Å². The number of anilines is 1. The van der Waals surface area contributed by atoms with E-state index in [9.17, 15) is 14.0 Å². The van der Waals surface area contributed by atoms with Gasteiger partial charge in [0.15, 0.2) is 0 Å². The lowest BCUT2D eigenvalue weighted by atomic mass is 9.70. The first-order valence-electron chi connectivity index (χ1n) is 11.2. The van der Waals surface area contributed by atoms with Gasteiger partial charge in [-0.1, -0.05) is 50.2 Å². The summed E-state index contributed by atoms with van der Waals surface area (Å²) in [6.45, 7) is 3.77. The zero-order valence-electron chi connectivity index (χ0n) is 19.2. The molecule has 3 N–H and O–H groups in total. The largest absolute Gasteiger partial charge is 0.311 e. The van der Waals surface area contributed by atoms with E-state index in [2.05, 4.69) is 20.6 Å². The third kappa shape index (κ3) is 4.26. The summed E-state index contributed by atoms with van der Waals surface area (Å²) in [4.78, 5) is 24.9. The molecule has 3 aromatic carbocycles. The van der Waals surface area contributed by atoms with Gasteiger partial charge in [0.2, 0.25) is 5.91 Å². The number of nitrogens with one attached hydrogen (secondary N) is 3. The fraction of sp³-hybridized carbons (Fsp3) is 0.148. The smallest absolute Gasteiger partial charge is 0.266 e. The number of fused-ring (bicyclic) bond motifs is 1. The SMILES string of the molecule is CC(C)(C(=O)Nc1cc(=O)[nH][nH]1)C(c1ccccc1)c1ccc2c(cnn2-c2ccc(F)cc2)c1. The number of nitrogens with zero attached hydrogens (tertiary/aromatic N) is 2. The topological polar surface area (TPSA) is 95.6 Å². The normalized spacial score (nSPS) is 12.5. The van der Waals surface area contributed by atoms with Crippen molar-refractivity contribution in [1.29, 1.82) is 0 Å². The van der Waals surface area contributed by atoms with Crippen LogP contribution in [-0.4, -0.2) is 25.9 Å². The third-order valence-corrected chi connectivity index (χ3v) is 6.28. The van der Waals surface area contributed by atoms with Crippen molar-refractivity contribution in [2.24, 2.45) is 5.41 Å². The lowest BCUT2D eigenvalue weighted by Gasteiger charge is -2.34. The molecule has 0 aliphatic carbocycles. The second-order valence-corrected chi connectivity index (χ2v) is 9.04. The predicted molar refractivity (Wildman–Crippen MR) is 133 cm³/mol. The van der Waals surface area contributed by atoms with Crippen molar-refractivity contribution in [3.8, 4) is 5.69 Å². The molecular weight excluding hydrogens is 445 g/mol. The Balaban J connectivity index is 1.56. The molecule has 8 heteroatoms. The maximum atomic E-state index is 13.4. The average molecular weight is 470 g/mol. The molecular formula is C27H24FN5O2. The van der Waals surface area contributed by atoms with E-state index in [-0.39, 0.29) is 23.2 Å². The first-order valence-corrected chi connectivity index (χ1v) is 11.2. The second-order valence-electron chi connectivity index (χ2n) is 9.04. The van der Waals surface area contributed by atoms with Crippen molar-refractivity contribution in [1.82, 2.24) is 20.0 Å². The molecule has 0 saturated heterocycles. The summed E-state index contributed by atoms with van der Waals surface area (Å²) in [7, 11) is 0. The number of carbonyl (C=O) groups excluding carboxylic acids is 1. The molecule has 0 aliphatic heterocycles. The molecule has 2 heterocycles. The Morgan fingerprint density at radius 2 is 1.71 bits per heavy atom. The second kappa shape index (κ2) is 8.72. The highest BCUT2D eigenvalue weighted by molar-refractivity contribution is 5.95. The maximum absolute atomic E-state index is 13.4. The van der Waals surface area contributed by atoms with Crippen molar-refractivity contribution in [3.63, 3.8) is 0 Å². The molecule has 35 heavy (non-hydrogen) atoms. The molecule has 0 spiro atoms. The van der Waals surface area contributed by atoms with E-state index < -0.39 is 5.41 Å². The van der Waals surface area contributed by atoms with E-state index in [1.165, 1.54) is 18.2 Å². The van der Waals surface area contributed by atoms with Crippen LogP contribution in [0.25, 0.3) is 16.6 Å². The van der Waals surface area contributed by atoms with Gasteiger partial charge in [-0.3, -0.25) is 19.8 Å². The summed E-state index contributed by atoms with van der Waals surface area (Å²) >= 11 is 0. The third-order valence-electron chi connectivity index (χ3n) is 6.28. The van der Waals surface area contributed by atoms with Gasteiger partial charge in [-0.05, 0) is 47.5 Å². The van der Waals surface area contributed by atoms with Crippen molar-refractivity contribution in [2.45, 2.75) is 19.8 Å². The molecule has 2 aromatic heterocycles. The van der Waals surface area contributed by atoms with Crippen LogP contribution in [0.3, 0.4) is 0 Å². The molecule has 1 atom stereocenters. The monoisotopic (exact) mass is 469 g/mol. The van der Waals surface area contributed by atoms with Gasteiger partial charge in [-0.2, -0.15) is 5.10 Å². The number of aromatic nitrogens is 4. The molecule has 1 amide bonds. The average Bonchev–Trinajstić information content (AvgIpc) is 3.46. The van der Waals surface area contributed by atoms with Crippen molar-refractivity contribution in [3.05, 3.63) is 112 Å². The summed E-state index contributed by atoms with van der Waals surface area (Å²) in [5.41, 5.74) is 2.37. The minimum Gasteiger partial charge on any atom is -0.311 e. The maximum Gasteiger partial charge on any atom is 0.266 e. The lowest BCUT2D eigenvalue weighted by molar-refractivity contribution is -0.124. The van der Waals surface area contributed by atoms with E-state index >= 15 is 0 Å². The number of hydrogen-bond acceptors (Lipinski definition) is 3. The summed E-state index contributed by atoms with van der Waals surface area (Å²) in [5.74, 6) is -0.505. The number of H-pyrrole nitrogens is 2. The summed E-state index contributed by atoms with van der Waals surface area (Å²) in [6, 6.07) is 23.3. The minimum absolute atomic E-state index is 0.233. The van der Waals surface area contributed by atoms with Crippen LogP contribution >= 0.6 is 0 Å². The van der Waals surface area contributed by atoms with E-state index in [4.69, 9.17) is 0 Å². The van der Waals surface area contributed by atoms with Crippen LogP contribution in [0.2, 0.25) is 0 Å². The van der Waals surface area contributed by atoms with Gasteiger partial charge in [0, 0.05) is 17.4 Å². The molecule has 5 aromatic rings. The number of amides is 1. The Hall–Kier alpha value is -4.46. The fourth-order valence-electron chi connectivity index (χ4n) is 4.50. The molecule has 1 unspecified atom stereocenters. The first kappa shape index (κ1) is 22.3.